The number of carbonyl (C=O) groups excluding carboxylic acids is 5. The fourth-order valence-corrected chi connectivity index (χ4v) is 1.72. The third-order valence-electron chi connectivity index (χ3n) is 2.95. The van der Waals surface area contributed by atoms with Gasteiger partial charge in [0, 0.05) is 18.4 Å². The first kappa shape index (κ1) is 17.7. The number of amides is 4. The van der Waals surface area contributed by atoms with Gasteiger partial charge in [-0.1, -0.05) is 6.58 Å². The highest BCUT2D eigenvalue weighted by atomic mass is 16.5. The van der Waals surface area contributed by atoms with E-state index in [1.54, 1.807) is 0 Å². The molecule has 1 unspecified atom stereocenters. The molecule has 1 atom stereocenters. The van der Waals surface area contributed by atoms with E-state index in [1.807, 2.05) is 5.32 Å². The average molecular weight is 350 g/mol. The minimum Gasteiger partial charge on any atom is -0.460 e. The van der Waals surface area contributed by atoms with E-state index in [1.165, 1.54) is 6.20 Å². The predicted octanol–water partition coefficient (Wildman–Crippen LogP) is -2.09. The molecule has 0 saturated carbocycles. The largest absolute Gasteiger partial charge is 0.460 e. The molecule has 4 amide bonds. The smallest absolute Gasteiger partial charge is 0.331 e. The van der Waals surface area contributed by atoms with Crippen LogP contribution in [0.2, 0.25) is 0 Å². The molecule has 0 radical (unpaired) electrons. The number of urea groups is 1. The number of nitrogens with one attached hydrogen (secondary N) is 4. The molecule has 2 rings (SSSR count). The molecule has 0 aromatic carbocycles. The zero-order chi connectivity index (χ0) is 18.4. The summed E-state index contributed by atoms with van der Waals surface area (Å²) in [7, 11) is 0. The Morgan fingerprint density at radius 1 is 1.12 bits per heavy atom. The van der Waals surface area contributed by atoms with E-state index in [4.69, 9.17) is 9.47 Å². The van der Waals surface area contributed by atoms with E-state index in [0.29, 0.717) is 5.82 Å². The molecule has 25 heavy (non-hydrogen) atoms. The van der Waals surface area contributed by atoms with Gasteiger partial charge in [0.15, 0.2) is 0 Å². The van der Waals surface area contributed by atoms with Crippen molar-refractivity contribution in [3.8, 4) is 0 Å². The number of hydrogen-bond donors (Lipinski definition) is 4. The maximum atomic E-state index is 11.5. The number of carbonyl (C=O) groups is 5. The summed E-state index contributed by atoms with van der Waals surface area (Å²) in [5, 5.41) is 9.26. The standard InChI is InChI=1S/C14H14N4O7/c1-7-15-4-8(12(21)16-7)5-24-10(19)2-3-11(20)25-6-9-13(22)18-14(23)17-9/h2-4,9,15H,1,5-6H2,(H,16,21)(H2,17,18,22,23)/b3-2+. The normalized spacial score (nSPS) is 19.5. The lowest BCUT2D eigenvalue weighted by atomic mass is 10.2. The molecule has 4 N–H and O–H groups in total. The van der Waals surface area contributed by atoms with Gasteiger partial charge in [-0.25, -0.2) is 14.4 Å². The fraction of sp³-hybridized carbons (Fsp3) is 0.214. The predicted molar refractivity (Wildman–Crippen MR) is 80.0 cm³/mol. The van der Waals surface area contributed by atoms with E-state index in [9.17, 15) is 24.0 Å². The molecule has 0 bridgehead atoms. The van der Waals surface area contributed by atoms with Gasteiger partial charge in [-0.3, -0.25) is 14.9 Å². The first-order chi connectivity index (χ1) is 11.8. The molecule has 0 aromatic rings. The Bertz CT molecular complexity index is 710. The van der Waals surface area contributed by atoms with Crippen LogP contribution < -0.4 is 21.3 Å². The highest BCUT2D eigenvalue weighted by Crippen LogP contribution is 2.02. The first-order valence-corrected chi connectivity index (χ1v) is 6.94. The second-order valence-corrected chi connectivity index (χ2v) is 4.83. The summed E-state index contributed by atoms with van der Waals surface area (Å²) < 4.78 is 9.51. The quantitative estimate of drug-likeness (QED) is 0.242. The highest BCUT2D eigenvalue weighted by molar-refractivity contribution is 6.04. The van der Waals surface area contributed by atoms with Crippen molar-refractivity contribution in [1.29, 1.82) is 0 Å². The fourth-order valence-electron chi connectivity index (χ4n) is 1.72. The van der Waals surface area contributed by atoms with Gasteiger partial charge >= 0.3 is 18.0 Å². The van der Waals surface area contributed by atoms with Crippen molar-refractivity contribution in [2.45, 2.75) is 6.04 Å². The van der Waals surface area contributed by atoms with Gasteiger partial charge in [0.25, 0.3) is 11.8 Å². The van der Waals surface area contributed by atoms with Gasteiger partial charge < -0.3 is 25.4 Å². The Morgan fingerprint density at radius 2 is 1.80 bits per heavy atom. The van der Waals surface area contributed by atoms with Crippen LogP contribution in [0.1, 0.15) is 0 Å². The van der Waals surface area contributed by atoms with Crippen LogP contribution in [0.4, 0.5) is 4.79 Å². The number of esters is 2. The third-order valence-corrected chi connectivity index (χ3v) is 2.95. The molecule has 2 heterocycles. The molecule has 1 fully saturated rings. The molecule has 0 spiro atoms. The molecule has 11 heteroatoms. The minimum absolute atomic E-state index is 0.166. The number of ether oxygens (including phenoxy) is 2. The van der Waals surface area contributed by atoms with Gasteiger partial charge in [-0.2, -0.15) is 0 Å². The molecular weight excluding hydrogens is 336 g/mol. The Kier molecular flexibility index (Phi) is 5.50. The van der Waals surface area contributed by atoms with E-state index in [2.05, 4.69) is 22.5 Å². The molecule has 0 aromatic heterocycles. The molecule has 132 valence electrons. The van der Waals surface area contributed by atoms with Gasteiger partial charge in [-0.15, -0.1) is 0 Å². The Hall–Kier alpha value is -3.63. The maximum Gasteiger partial charge on any atom is 0.331 e. The lowest BCUT2D eigenvalue weighted by molar-refractivity contribution is -0.141. The highest BCUT2D eigenvalue weighted by Gasteiger charge is 2.30. The summed E-state index contributed by atoms with van der Waals surface area (Å²) in [6, 6.07) is -1.65. The summed E-state index contributed by atoms with van der Waals surface area (Å²) in [6.45, 7) is 2.81. The summed E-state index contributed by atoms with van der Waals surface area (Å²) in [5.41, 5.74) is 0.166. The molecule has 2 aliphatic rings. The maximum absolute atomic E-state index is 11.5. The van der Waals surface area contributed by atoms with Crippen molar-refractivity contribution < 1.29 is 33.4 Å². The van der Waals surface area contributed by atoms with Crippen LogP contribution in [0.5, 0.6) is 0 Å². The SMILES string of the molecule is C=C1NC=C(COC(=O)/C=C/C(=O)OCC2NC(=O)NC2=O)C(=O)N1. The number of imide groups is 1. The second-order valence-electron chi connectivity index (χ2n) is 4.83. The van der Waals surface area contributed by atoms with Gasteiger partial charge in [0.2, 0.25) is 0 Å². The van der Waals surface area contributed by atoms with Gasteiger partial charge in [-0.05, 0) is 0 Å². The van der Waals surface area contributed by atoms with Crippen LogP contribution >= 0.6 is 0 Å². The molecule has 11 nitrogen and oxygen atoms in total. The van der Waals surface area contributed by atoms with Crippen molar-refractivity contribution in [1.82, 2.24) is 21.3 Å². The zero-order valence-corrected chi connectivity index (χ0v) is 12.8. The molecule has 1 saturated heterocycles. The molecular formula is C14H14N4O7. The van der Waals surface area contributed by atoms with Crippen LogP contribution in [0, 0.1) is 0 Å². The van der Waals surface area contributed by atoms with Crippen molar-refractivity contribution in [3.63, 3.8) is 0 Å². The number of hydrogen-bond acceptors (Lipinski definition) is 8. The Morgan fingerprint density at radius 3 is 2.40 bits per heavy atom. The van der Waals surface area contributed by atoms with Gasteiger partial charge in [0.05, 0.1) is 5.57 Å². The van der Waals surface area contributed by atoms with Crippen LogP contribution in [0.25, 0.3) is 0 Å². The van der Waals surface area contributed by atoms with E-state index in [-0.39, 0.29) is 18.8 Å². The monoisotopic (exact) mass is 350 g/mol. The van der Waals surface area contributed by atoms with E-state index >= 15 is 0 Å². The summed E-state index contributed by atoms with van der Waals surface area (Å²) >= 11 is 0. The van der Waals surface area contributed by atoms with Crippen molar-refractivity contribution >= 4 is 29.8 Å². The van der Waals surface area contributed by atoms with Crippen molar-refractivity contribution in [2.75, 3.05) is 13.2 Å². The topological polar surface area (TPSA) is 152 Å². The molecule has 2 aliphatic heterocycles. The second kappa shape index (κ2) is 7.77. The number of rotatable bonds is 6. The first-order valence-electron chi connectivity index (χ1n) is 6.94. The van der Waals surface area contributed by atoms with E-state index < -0.39 is 35.8 Å². The van der Waals surface area contributed by atoms with Crippen LogP contribution in [0.15, 0.2) is 36.3 Å². The Balaban J connectivity index is 1.71. The molecule has 0 aliphatic carbocycles. The van der Waals surface area contributed by atoms with Crippen LogP contribution in [0.3, 0.4) is 0 Å². The average Bonchev–Trinajstić information content (AvgIpc) is 2.87. The van der Waals surface area contributed by atoms with Crippen molar-refractivity contribution in [3.05, 3.63) is 36.3 Å². The third kappa shape index (κ3) is 5.20. The van der Waals surface area contributed by atoms with Gasteiger partial charge in [0.1, 0.15) is 25.1 Å². The summed E-state index contributed by atoms with van der Waals surface area (Å²) in [6.07, 6.45) is 2.95. The minimum atomic E-state index is -0.976. The van der Waals surface area contributed by atoms with Crippen LogP contribution in [-0.4, -0.2) is 49.0 Å². The lowest BCUT2D eigenvalue weighted by Crippen LogP contribution is -2.36. The summed E-state index contributed by atoms with van der Waals surface area (Å²) in [5.74, 6) is -2.55. The lowest BCUT2D eigenvalue weighted by Gasteiger charge is -2.16. The van der Waals surface area contributed by atoms with Crippen molar-refractivity contribution in [2.24, 2.45) is 0 Å². The zero-order valence-electron chi connectivity index (χ0n) is 12.8. The Labute approximate surface area is 141 Å². The van der Waals surface area contributed by atoms with Crippen LogP contribution in [-0.2, 0) is 28.7 Å². The van der Waals surface area contributed by atoms with E-state index in [0.717, 1.165) is 12.2 Å². The summed E-state index contributed by atoms with van der Waals surface area (Å²) in [4.78, 5) is 56.5.